The molecule has 0 aliphatic carbocycles. The van der Waals surface area contributed by atoms with Crippen molar-refractivity contribution in [3.8, 4) is 5.75 Å². The topological polar surface area (TPSA) is 35.5 Å². The van der Waals surface area contributed by atoms with Crippen LogP contribution >= 0.6 is 12.2 Å². The second kappa shape index (κ2) is 3.67. The molecule has 0 bridgehead atoms. The molecule has 3 nitrogen and oxygen atoms in total. The molecule has 0 aliphatic rings. The summed E-state index contributed by atoms with van der Waals surface area (Å²) in [5, 5.41) is 0. The van der Waals surface area contributed by atoms with Crippen molar-refractivity contribution in [1.82, 2.24) is 0 Å². The summed E-state index contributed by atoms with van der Waals surface area (Å²) < 4.78 is 15.5. The Morgan fingerprint density at radius 2 is 2.14 bits per heavy atom. The molecule has 0 saturated heterocycles. The summed E-state index contributed by atoms with van der Waals surface area (Å²) in [7, 11) is 0. The average molecular weight is 208 g/mol. The largest absolute Gasteiger partial charge is 0.489 e. The monoisotopic (exact) mass is 208 g/mol. The summed E-state index contributed by atoms with van der Waals surface area (Å²) in [4.78, 5) is 0.126. The van der Waals surface area contributed by atoms with Gasteiger partial charge in [0.25, 0.3) is 0 Å². The molecule has 0 atom stereocenters. The van der Waals surface area contributed by atoms with Crippen LogP contribution in [-0.2, 0) is 0 Å². The highest BCUT2D eigenvalue weighted by Crippen LogP contribution is 2.22. The van der Waals surface area contributed by atoms with Gasteiger partial charge >= 0.3 is 4.90 Å². The lowest BCUT2D eigenvalue weighted by atomic mass is 10.3. The quantitative estimate of drug-likeness (QED) is 0.572. The molecular weight excluding hydrogens is 200 g/mol. The molecule has 1 aromatic heterocycles. The molecule has 2 aromatic rings. The number of rotatable bonds is 3. The van der Waals surface area contributed by atoms with Crippen LogP contribution in [0.1, 0.15) is 0 Å². The number of hydrogen-bond acceptors (Lipinski definition) is 4. The van der Waals surface area contributed by atoms with Gasteiger partial charge in [-0.1, -0.05) is 12.7 Å². The van der Waals surface area contributed by atoms with Gasteiger partial charge in [0, 0.05) is 18.3 Å². The molecule has 0 radical (unpaired) electrons. The first-order valence-electron chi connectivity index (χ1n) is 4.07. The Kier molecular flexibility index (Phi) is 2.37. The summed E-state index contributed by atoms with van der Waals surface area (Å²) in [5.41, 5.74) is 1.22. The number of benzene rings is 1. The highest BCUT2D eigenvalue weighted by Gasteiger charge is 2.02. The van der Waals surface area contributed by atoms with Crippen molar-refractivity contribution < 1.29 is 13.6 Å². The van der Waals surface area contributed by atoms with Crippen LogP contribution in [0.25, 0.3) is 11.2 Å². The zero-order valence-corrected chi connectivity index (χ0v) is 8.17. The molecule has 0 spiro atoms. The van der Waals surface area contributed by atoms with E-state index in [1.807, 2.05) is 0 Å². The van der Waals surface area contributed by atoms with Crippen LogP contribution in [0.5, 0.6) is 5.75 Å². The van der Waals surface area contributed by atoms with Gasteiger partial charge in [0.2, 0.25) is 0 Å². The van der Waals surface area contributed by atoms with Crippen LogP contribution in [0.4, 0.5) is 0 Å². The predicted octanol–water partition coefficient (Wildman–Crippen LogP) is 3.32. The van der Waals surface area contributed by atoms with Crippen molar-refractivity contribution in [1.29, 1.82) is 0 Å². The fourth-order valence-corrected chi connectivity index (χ4v) is 1.28. The third-order valence-electron chi connectivity index (χ3n) is 1.67. The summed E-state index contributed by atoms with van der Waals surface area (Å²) in [6, 6.07) is 5.28. The minimum atomic E-state index is 0.126. The maximum Gasteiger partial charge on any atom is 0.363 e. The van der Waals surface area contributed by atoms with Gasteiger partial charge in [-0.25, -0.2) is 0 Å². The Morgan fingerprint density at radius 3 is 2.93 bits per heavy atom. The van der Waals surface area contributed by atoms with Crippen LogP contribution in [0.2, 0.25) is 0 Å². The van der Waals surface area contributed by atoms with Gasteiger partial charge < -0.3 is 13.6 Å². The molecule has 0 amide bonds. The molecule has 0 N–H and O–H groups in total. The van der Waals surface area contributed by atoms with E-state index >= 15 is 0 Å². The van der Waals surface area contributed by atoms with Gasteiger partial charge in [0.15, 0.2) is 11.2 Å². The summed E-state index contributed by atoms with van der Waals surface area (Å²) >= 11 is 4.75. The highest BCUT2D eigenvalue weighted by atomic mass is 32.1. The maximum atomic E-state index is 5.32. The third kappa shape index (κ3) is 1.70. The van der Waals surface area contributed by atoms with Crippen molar-refractivity contribution in [2.75, 3.05) is 6.61 Å². The average Bonchev–Trinajstić information content (AvgIpc) is 2.54. The van der Waals surface area contributed by atoms with E-state index in [4.69, 9.17) is 25.8 Å². The standard InChI is InChI=1S/C10H8O3S/c1-2-5-11-7-3-4-8-9(6-7)13-10(14)12-8/h2-4,6H,1,5H2. The first kappa shape index (κ1) is 9.02. The first-order chi connectivity index (χ1) is 6.79. The van der Waals surface area contributed by atoms with E-state index in [-0.39, 0.29) is 4.90 Å². The van der Waals surface area contributed by atoms with Gasteiger partial charge in [-0.2, -0.15) is 0 Å². The zero-order chi connectivity index (χ0) is 9.97. The second-order valence-corrected chi connectivity index (χ2v) is 3.00. The van der Waals surface area contributed by atoms with Gasteiger partial charge in [-0.05, 0) is 12.1 Å². The second-order valence-electron chi connectivity index (χ2n) is 2.66. The van der Waals surface area contributed by atoms with Crippen LogP contribution in [-0.4, -0.2) is 6.61 Å². The number of fused-ring (bicyclic) bond motifs is 1. The van der Waals surface area contributed by atoms with Crippen LogP contribution in [0.15, 0.2) is 39.7 Å². The molecule has 72 valence electrons. The minimum Gasteiger partial charge on any atom is -0.489 e. The van der Waals surface area contributed by atoms with E-state index in [2.05, 4.69) is 6.58 Å². The van der Waals surface area contributed by atoms with E-state index in [9.17, 15) is 0 Å². The van der Waals surface area contributed by atoms with Crippen molar-refractivity contribution in [3.63, 3.8) is 0 Å². The smallest absolute Gasteiger partial charge is 0.363 e. The molecular formula is C10H8O3S. The number of ether oxygens (including phenoxy) is 1. The van der Waals surface area contributed by atoms with E-state index in [1.165, 1.54) is 0 Å². The van der Waals surface area contributed by atoms with E-state index in [0.29, 0.717) is 23.5 Å². The van der Waals surface area contributed by atoms with E-state index in [1.54, 1.807) is 24.3 Å². The first-order valence-corrected chi connectivity index (χ1v) is 4.48. The van der Waals surface area contributed by atoms with E-state index < -0.39 is 0 Å². The number of hydrogen-bond donors (Lipinski definition) is 0. The van der Waals surface area contributed by atoms with Gasteiger partial charge in [0.1, 0.15) is 12.4 Å². The molecule has 2 rings (SSSR count). The summed E-state index contributed by atoms with van der Waals surface area (Å²) in [5.74, 6) is 0.706. The molecule has 0 saturated carbocycles. The lowest BCUT2D eigenvalue weighted by Crippen LogP contribution is -1.91. The Balaban J connectivity index is 2.40. The van der Waals surface area contributed by atoms with Gasteiger partial charge in [0.05, 0.1) is 0 Å². The van der Waals surface area contributed by atoms with Gasteiger partial charge in [-0.3, -0.25) is 0 Å². The van der Waals surface area contributed by atoms with Crippen molar-refractivity contribution in [2.45, 2.75) is 0 Å². The Hall–Kier alpha value is -1.55. The molecule has 4 heteroatoms. The maximum absolute atomic E-state index is 5.32. The lowest BCUT2D eigenvalue weighted by molar-refractivity contribution is 0.363. The summed E-state index contributed by atoms with van der Waals surface area (Å²) in [6.45, 7) is 4.02. The fourth-order valence-electron chi connectivity index (χ4n) is 1.10. The summed E-state index contributed by atoms with van der Waals surface area (Å²) in [6.07, 6.45) is 1.68. The van der Waals surface area contributed by atoms with Crippen LogP contribution < -0.4 is 4.74 Å². The normalized spacial score (nSPS) is 10.3. The third-order valence-corrected chi connectivity index (χ3v) is 1.84. The molecule has 0 aliphatic heterocycles. The van der Waals surface area contributed by atoms with Crippen LogP contribution in [0.3, 0.4) is 0 Å². The fraction of sp³-hybridized carbons (Fsp3) is 0.100. The Labute approximate surface area is 85.6 Å². The molecule has 0 fully saturated rings. The van der Waals surface area contributed by atoms with Crippen LogP contribution in [0, 0.1) is 4.90 Å². The molecule has 0 unspecified atom stereocenters. The minimum absolute atomic E-state index is 0.126. The lowest BCUT2D eigenvalue weighted by Gasteiger charge is -2.00. The van der Waals surface area contributed by atoms with Crippen molar-refractivity contribution in [3.05, 3.63) is 35.8 Å². The van der Waals surface area contributed by atoms with Crippen molar-refractivity contribution in [2.24, 2.45) is 0 Å². The highest BCUT2D eigenvalue weighted by molar-refractivity contribution is 7.71. The SMILES string of the molecule is C=CCOc1ccc2oc(=S)oc2c1. The predicted molar refractivity (Wildman–Crippen MR) is 55.0 cm³/mol. The Morgan fingerprint density at radius 1 is 1.36 bits per heavy atom. The Bertz CT molecular complexity index is 509. The molecule has 1 heterocycles. The molecule has 1 aromatic carbocycles. The van der Waals surface area contributed by atoms with E-state index in [0.717, 1.165) is 0 Å². The zero-order valence-electron chi connectivity index (χ0n) is 7.36. The van der Waals surface area contributed by atoms with Crippen molar-refractivity contribution >= 4 is 23.4 Å². The van der Waals surface area contributed by atoms with Gasteiger partial charge in [-0.15, -0.1) is 0 Å². The molecule has 14 heavy (non-hydrogen) atoms.